The number of methoxy groups -OCH3 is 1. The van der Waals surface area contributed by atoms with Crippen LogP contribution >= 0.6 is 0 Å². The van der Waals surface area contributed by atoms with Gasteiger partial charge in [-0.3, -0.25) is 19.4 Å². The molecule has 35 heavy (non-hydrogen) atoms. The van der Waals surface area contributed by atoms with Gasteiger partial charge in [0.05, 0.1) is 36.9 Å². The molecule has 0 aromatic heterocycles. The molecule has 0 N–H and O–H groups in total. The van der Waals surface area contributed by atoms with Crippen molar-refractivity contribution in [3.8, 4) is 5.75 Å². The molecule has 174 valence electrons. The van der Waals surface area contributed by atoms with Gasteiger partial charge in [0.15, 0.2) is 5.78 Å². The highest BCUT2D eigenvalue weighted by atomic mass is 19.1. The van der Waals surface area contributed by atoms with Gasteiger partial charge in [0.25, 0.3) is 0 Å². The molecule has 0 bridgehead atoms. The first-order valence-corrected chi connectivity index (χ1v) is 11.2. The summed E-state index contributed by atoms with van der Waals surface area (Å²) in [5.41, 5.74) is 1.88. The van der Waals surface area contributed by atoms with E-state index < -0.39 is 41.6 Å². The number of ether oxygens (including phenoxy) is 1. The number of carbonyl (C=O) groups excluding carboxylic acids is 3. The molecule has 6 rings (SSSR count). The summed E-state index contributed by atoms with van der Waals surface area (Å²) in [6.45, 7) is 0. The normalized spacial score (nSPS) is 24.3. The number of carbonyl (C=O) groups is 3. The summed E-state index contributed by atoms with van der Waals surface area (Å²) in [5.74, 6) is -3.44. The lowest BCUT2D eigenvalue weighted by atomic mass is 9.83. The van der Waals surface area contributed by atoms with Gasteiger partial charge in [0.2, 0.25) is 11.8 Å². The Morgan fingerprint density at radius 2 is 1.60 bits per heavy atom. The topological polar surface area (TPSA) is 79.3 Å². The maximum Gasteiger partial charge on any atom is 0.240 e. The molecule has 0 saturated carbocycles. The van der Waals surface area contributed by atoms with Crippen LogP contribution < -0.4 is 9.64 Å². The Labute approximate surface area is 200 Å². The Kier molecular flexibility index (Phi) is 4.77. The Bertz CT molecular complexity index is 1400. The molecular formula is C27H20FN3O4. The van der Waals surface area contributed by atoms with Gasteiger partial charge in [0.1, 0.15) is 17.6 Å². The zero-order valence-electron chi connectivity index (χ0n) is 18.7. The van der Waals surface area contributed by atoms with Crippen LogP contribution in [-0.2, 0) is 9.59 Å². The lowest BCUT2D eigenvalue weighted by Crippen LogP contribution is -2.44. The number of anilines is 1. The molecule has 3 aromatic carbocycles. The van der Waals surface area contributed by atoms with Crippen LogP contribution in [0.15, 0.2) is 77.9 Å². The van der Waals surface area contributed by atoms with Crippen molar-refractivity contribution in [2.45, 2.75) is 12.1 Å². The van der Waals surface area contributed by atoms with Crippen LogP contribution in [0.25, 0.3) is 0 Å². The molecule has 2 amide bonds. The number of Topliss-reactive ketones (excluding diaryl/α,β-unsaturated/α-hetero) is 1. The summed E-state index contributed by atoms with van der Waals surface area (Å²) in [4.78, 5) is 42.2. The zero-order chi connectivity index (χ0) is 24.3. The van der Waals surface area contributed by atoms with Gasteiger partial charge < -0.3 is 4.74 Å². The molecule has 3 aromatic rings. The highest BCUT2D eigenvalue weighted by Crippen LogP contribution is 2.53. The monoisotopic (exact) mass is 469 g/mol. The van der Waals surface area contributed by atoms with E-state index in [0.717, 1.165) is 16.0 Å². The first-order chi connectivity index (χ1) is 17.0. The summed E-state index contributed by atoms with van der Waals surface area (Å²) in [7, 11) is 1.53. The summed E-state index contributed by atoms with van der Waals surface area (Å²) >= 11 is 0. The van der Waals surface area contributed by atoms with Gasteiger partial charge in [-0.2, -0.15) is 5.10 Å². The van der Waals surface area contributed by atoms with Crippen LogP contribution in [0.5, 0.6) is 5.75 Å². The standard InChI is InChI=1S/C27H20FN3O4/c1-35-17-12-10-15(11-13-17)25(32)24-22-21(23-18-7-3-2-6-16(18)14-29-31(23)24)26(33)30(27(22)34)20-9-5-4-8-19(20)28/h2-14,21-24H,1H3. The Balaban J connectivity index is 1.49. The van der Waals surface area contributed by atoms with E-state index >= 15 is 0 Å². The highest BCUT2D eigenvalue weighted by Gasteiger charge is 2.65. The number of hydrogen-bond donors (Lipinski definition) is 0. The number of amides is 2. The number of halogens is 1. The average Bonchev–Trinajstić information content (AvgIpc) is 3.36. The minimum Gasteiger partial charge on any atom is -0.497 e. The SMILES string of the molecule is COc1ccc(C(=O)C2C3C(=O)N(c4ccccc4F)C(=O)C3C3c4ccccc4C=NN23)cc1. The number of nitrogens with zero attached hydrogens (tertiary/aromatic N) is 3. The van der Waals surface area contributed by atoms with Crippen LogP contribution in [0, 0.1) is 17.7 Å². The summed E-state index contributed by atoms with van der Waals surface area (Å²) in [6.07, 6.45) is 1.64. The number of rotatable bonds is 4. The third-order valence-corrected chi connectivity index (χ3v) is 7.03. The molecule has 4 unspecified atom stereocenters. The van der Waals surface area contributed by atoms with Crippen molar-refractivity contribution in [2.75, 3.05) is 12.0 Å². The second-order valence-electron chi connectivity index (χ2n) is 8.75. The quantitative estimate of drug-likeness (QED) is 0.431. The minimum absolute atomic E-state index is 0.105. The maximum atomic E-state index is 14.7. The van der Waals surface area contributed by atoms with Gasteiger partial charge in [0, 0.05) is 5.56 Å². The number of fused-ring (bicyclic) bond motifs is 5. The van der Waals surface area contributed by atoms with Gasteiger partial charge in [-0.05, 0) is 47.5 Å². The molecule has 2 saturated heterocycles. The van der Waals surface area contributed by atoms with Gasteiger partial charge >= 0.3 is 0 Å². The number of benzene rings is 3. The fourth-order valence-electron chi connectivity index (χ4n) is 5.47. The Morgan fingerprint density at radius 3 is 2.34 bits per heavy atom. The van der Waals surface area contributed by atoms with Crippen molar-refractivity contribution < 1.29 is 23.5 Å². The molecule has 7 nitrogen and oxygen atoms in total. The third kappa shape index (κ3) is 3.02. The largest absolute Gasteiger partial charge is 0.497 e. The molecule has 4 atom stereocenters. The molecular weight excluding hydrogens is 449 g/mol. The Morgan fingerprint density at radius 1 is 0.914 bits per heavy atom. The summed E-state index contributed by atoms with van der Waals surface area (Å²) < 4.78 is 19.9. The van der Waals surface area contributed by atoms with Crippen molar-refractivity contribution >= 4 is 29.5 Å². The van der Waals surface area contributed by atoms with Crippen LogP contribution in [0.4, 0.5) is 10.1 Å². The van der Waals surface area contributed by atoms with Crippen molar-refractivity contribution in [2.24, 2.45) is 16.9 Å². The lowest BCUT2D eigenvalue weighted by Gasteiger charge is -2.33. The average molecular weight is 469 g/mol. The third-order valence-electron chi connectivity index (χ3n) is 7.03. The Hall–Kier alpha value is -4.33. The van der Waals surface area contributed by atoms with Crippen molar-refractivity contribution in [3.05, 3.63) is 95.3 Å². The number of ketones is 1. The number of hydrazone groups is 1. The fourth-order valence-corrected chi connectivity index (χ4v) is 5.47. The number of imide groups is 1. The van der Waals surface area contributed by atoms with Crippen LogP contribution in [-0.4, -0.2) is 42.0 Å². The van der Waals surface area contributed by atoms with Crippen LogP contribution in [0.1, 0.15) is 27.5 Å². The van der Waals surface area contributed by atoms with Crippen molar-refractivity contribution in [1.82, 2.24) is 5.01 Å². The predicted octanol–water partition coefficient (Wildman–Crippen LogP) is 3.60. The van der Waals surface area contributed by atoms with E-state index in [1.54, 1.807) is 41.6 Å². The first kappa shape index (κ1) is 21.2. The van der Waals surface area contributed by atoms with Crippen LogP contribution in [0.3, 0.4) is 0 Å². The second kappa shape index (κ2) is 7.87. The molecule has 2 fully saturated rings. The van der Waals surface area contributed by atoms with Gasteiger partial charge in [-0.1, -0.05) is 36.4 Å². The first-order valence-electron chi connectivity index (χ1n) is 11.2. The number of hydrogen-bond acceptors (Lipinski definition) is 6. The molecule has 8 heteroatoms. The molecule has 3 aliphatic rings. The van der Waals surface area contributed by atoms with E-state index in [-0.39, 0.29) is 11.5 Å². The molecule has 3 aliphatic heterocycles. The van der Waals surface area contributed by atoms with Crippen LogP contribution in [0.2, 0.25) is 0 Å². The highest BCUT2D eigenvalue weighted by molar-refractivity contribution is 6.24. The summed E-state index contributed by atoms with van der Waals surface area (Å²) in [5, 5.41) is 6.11. The van der Waals surface area contributed by atoms with Gasteiger partial charge in [-0.15, -0.1) is 0 Å². The minimum atomic E-state index is -1.02. The van der Waals surface area contributed by atoms with E-state index in [2.05, 4.69) is 5.10 Å². The molecule has 0 radical (unpaired) electrons. The van der Waals surface area contributed by atoms with Crippen molar-refractivity contribution in [3.63, 3.8) is 0 Å². The van der Waals surface area contributed by atoms with Gasteiger partial charge in [-0.25, -0.2) is 9.29 Å². The van der Waals surface area contributed by atoms with E-state index in [0.29, 0.717) is 11.3 Å². The summed E-state index contributed by atoms with van der Waals surface area (Å²) in [6, 6.07) is 18.1. The fraction of sp³-hybridized carbons (Fsp3) is 0.185. The number of para-hydroxylation sites is 1. The smallest absolute Gasteiger partial charge is 0.240 e. The second-order valence-corrected chi connectivity index (χ2v) is 8.75. The van der Waals surface area contributed by atoms with Crippen molar-refractivity contribution in [1.29, 1.82) is 0 Å². The predicted molar refractivity (Wildman–Crippen MR) is 126 cm³/mol. The zero-order valence-corrected chi connectivity index (χ0v) is 18.7. The maximum absolute atomic E-state index is 14.7. The van der Waals surface area contributed by atoms with E-state index in [1.165, 1.54) is 25.3 Å². The molecule has 3 heterocycles. The molecule has 0 aliphatic carbocycles. The molecule has 0 spiro atoms. The van der Waals surface area contributed by atoms with E-state index in [9.17, 15) is 18.8 Å². The van der Waals surface area contributed by atoms with E-state index in [4.69, 9.17) is 4.74 Å². The lowest BCUT2D eigenvalue weighted by molar-refractivity contribution is -0.124. The van der Waals surface area contributed by atoms with E-state index in [1.807, 2.05) is 24.3 Å².